The van der Waals surface area contributed by atoms with Gasteiger partial charge in [-0.25, -0.2) is 4.39 Å². The largest absolute Gasteiger partial charge is 0.396 e. The van der Waals surface area contributed by atoms with Gasteiger partial charge in [-0.15, -0.1) is 0 Å². The van der Waals surface area contributed by atoms with E-state index in [2.05, 4.69) is 35.1 Å². The Hall–Kier alpha value is -0.940. The Morgan fingerprint density at radius 1 is 1.45 bits per heavy atom. The van der Waals surface area contributed by atoms with E-state index in [4.69, 9.17) is 5.11 Å². The molecule has 20 heavy (non-hydrogen) atoms. The number of aliphatic hydroxyl groups is 1. The van der Waals surface area contributed by atoms with Crippen LogP contribution in [0.15, 0.2) is 22.7 Å². The van der Waals surface area contributed by atoms with Crippen molar-refractivity contribution < 1.29 is 14.3 Å². The minimum Gasteiger partial charge on any atom is -0.396 e. The lowest BCUT2D eigenvalue weighted by Crippen LogP contribution is -2.31. The van der Waals surface area contributed by atoms with Crippen molar-refractivity contribution in [2.45, 2.75) is 26.7 Å². The van der Waals surface area contributed by atoms with Gasteiger partial charge in [0.2, 0.25) is 0 Å². The quantitative estimate of drug-likeness (QED) is 0.795. The van der Waals surface area contributed by atoms with Crippen LogP contribution in [0.25, 0.3) is 0 Å². The van der Waals surface area contributed by atoms with E-state index in [9.17, 15) is 9.18 Å². The molecule has 112 valence electrons. The van der Waals surface area contributed by atoms with Gasteiger partial charge in [-0.2, -0.15) is 0 Å². The standard InChI is InChI=1S/C15H21BrFNO2/c1-10(2)7-11(5-6-19)9-18-15(20)13-8-12(16)3-4-14(13)17/h3-4,8,10-11,19H,5-7,9H2,1-2H3,(H,18,20). The third-order valence-electron chi connectivity index (χ3n) is 3.07. The van der Waals surface area contributed by atoms with E-state index in [1.54, 1.807) is 6.07 Å². The molecule has 0 aliphatic carbocycles. The van der Waals surface area contributed by atoms with Crippen molar-refractivity contribution in [1.82, 2.24) is 5.32 Å². The van der Waals surface area contributed by atoms with Gasteiger partial charge in [0, 0.05) is 17.6 Å². The Morgan fingerprint density at radius 3 is 2.75 bits per heavy atom. The van der Waals surface area contributed by atoms with Gasteiger partial charge in [0.15, 0.2) is 0 Å². The second kappa shape index (κ2) is 8.37. The number of hydrogen-bond donors (Lipinski definition) is 2. The second-order valence-corrected chi connectivity index (χ2v) is 6.26. The van der Waals surface area contributed by atoms with E-state index in [-0.39, 0.29) is 18.1 Å². The fourth-order valence-electron chi connectivity index (χ4n) is 2.16. The molecule has 0 saturated carbocycles. The van der Waals surface area contributed by atoms with Gasteiger partial charge in [0.05, 0.1) is 5.56 Å². The van der Waals surface area contributed by atoms with Gasteiger partial charge < -0.3 is 10.4 Å². The number of amides is 1. The topological polar surface area (TPSA) is 49.3 Å². The van der Waals surface area contributed by atoms with Crippen LogP contribution in [-0.2, 0) is 0 Å². The molecule has 5 heteroatoms. The van der Waals surface area contributed by atoms with E-state index >= 15 is 0 Å². The minimum atomic E-state index is -0.534. The molecule has 0 aromatic heterocycles. The molecule has 0 saturated heterocycles. The van der Waals surface area contributed by atoms with Crippen LogP contribution >= 0.6 is 15.9 Å². The molecule has 0 spiro atoms. The van der Waals surface area contributed by atoms with Gasteiger partial charge >= 0.3 is 0 Å². The fraction of sp³-hybridized carbons (Fsp3) is 0.533. The van der Waals surface area contributed by atoms with Gasteiger partial charge in [-0.1, -0.05) is 29.8 Å². The number of nitrogens with one attached hydrogen (secondary N) is 1. The van der Waals surface area contributed by atoms with Gasteiger partial charge in [0.1, 0.15) is 5.82 Å². The third-order valence-corrected chi connectivity index (χ3v) is 3.56. The highest BCUT2D eigenvalue weighted by Crippen LogP contribution is 2.17. The summed E-state index contributed by atoms with van der Waals surface area (Å²) < 4.78 is 14.2. The summed E-state index contributed by atoms with van der Waals surface area (Å²) in [6.07, 6.45) is 1.56. The number of rotatable bonds is 7. The Kier molecular flexibility index (Phi) is 7.16. The van der Waals surface area contributed by atoms with Crippen molar-refractivity contribution in [3.63, 3.8) is 0 Å². The number of carbonyl (C=O) groups is 1. The molecular weight excluding hydrogens is 325 g/mol. The second-order valence-electron chi connectivity index (χ2n) is 5.34. The first-order valence-corrected chi connectivity index (χ1v) is 7.57. The van der Waals surface area contributed by atoms with E-state index in [1.807, 2.05) is 0 Å². The van der Waals surface area contributed by atoms with Crippen molar-refractivity contribution in [3.05, 3.63) is 34.1 Å². The molecule has 3 nitrogen and oxygen atoms in total. The molecule has 1 unspecified atom stereocenters. The number of benzene rings is 1. The van der Waals surface area contributed by atoms with E-state index in [0.717, 1.165) is 6.42 Å². The highest BCUT2D eigenvalue weighted by Gasteiger charge is 2.15. The lowest BCUT2D eigenvalue weighted by molar-refractivity contribution is 0.0937. The van der Waals surface area contributed by atoms with Crippen LogP contribution in [0.3, 0.4) is 0 Å². The summed E-state index contributed by atoms with van der Waals surface area (Å²) in [5.41, 5.74) is 0.0340. The maximum absolute atomic E-state index is 13.6. The SMILES string of the molecule is CC(C)CC(CCO)CNC(=O)c1cc(Br)ccc1F. The zero-order valence-electron chi connectivity index (χ0n) is 11.8. The molecule has 1 aromatic rings. The zero-order valence-corrected chi connectivity index (χ0v) is 13.4. The van der Waals surface area contributed by atoms with Gasteiger partial charge in [-0.05, 0) is 42.9 Å². The molecule has 1 aromatic carbocycles. The predicted octanol–water partition coefficient (Wildman–Crippen LogP) is 3.36. The molecule has 0 aliphatic heterocycles. The first-order valence-electron chi connectivity index (χ1n) is 6.78. The summed E-state index contributed by atoms with van der Waals surface area (Å²) in [5, 5.41) is 11.8. The third kappa shape index (κ3) is 5.59. The minimum absolute atomic E-state index is 0.0340. The normalized spacial score (nSPS) is 12.5. The summed E-state index contributed by atoms with van der Waals surface area (Å²) in [6, 6.07) is 4.28. The van der Waals surface area contributed by atoms with Crippen molar-refractivity contribution >= 4 is 21.8 Å². The van der Waals surface area contributed by atoms with Crippen LogP contribution in [0.2, 0.25) is 0 Å². The molecule has 1 rings (SSSR count). The Morgan fingerprint density at radius 2 is 2.15 bits per heavy atom. The first kappa shape index (κ1) is 17.1. The van der Waals surface area contributed by atoms with Crippen LogP contribution in [0, 0.1) is 17.7 Å². The molecule has 0 heterocycles. The number of carbonyl (C=O) groups excluding carboxylic acids is 1. The number of hydrogen-bond acceptors (Lipinski definition) is 2. The van der Waals surface area contributed by atoms with Crippen molar-refractivity contribution in [3.8, 4) is 0 Å². The predicted molar refractivity (Wildman–Crippen MR) is 81.1 cm³/mol. The van der Waals surface area contributed by atoms with Crippen molar-refractivity contribution in [2.24, 2.45) is 11.8 Å². The Balaban J connectivity index is 2.62. The number of aliphatic hydroxyl groups excluding tert-OH is 1. The summed E-state index contributed by atoms with van der Waals surface area (Å²) >= 11 is 3.22. The monoisotopic (exact) mass is 345 g/mol. The highest BCUT2D eigenvalue weighted by molar-refractivity contribution is 9.10. The molecular formula is C15H21BrFNO2. The van der Waals surface area contributed by atoms with Crippen LogP contribution in [-0.4, -0.2) is 24.2 Å². The van der Waals surface area contributed by atoms with Gasteiger partial charge in [-0.3, -0.25) is 4.79 Å². The smallest absolute Gasteiger partial charge is 0.254 e. The Labute approximate surface area is 127 Å². The average Bonchev–Trinajstić information content (AvgIpc) is 2.38. The first-order chi connectivity index (χ1) is 9.43. The molecule has 0 fully saturated rings. The lowest BCUT2D eigenvalue weighted by Gasteiger charge is -2.18. The Bertz CT molecular complexity index is 451. The van der Waals surface area contributed by atoms with Gasteiger partial charge in [0.25, 0.3) is 5.91 Å². The maximum atomic E-state index is 13.6. The summed E-state index contributed by atoms with van der Waals surface area (Å²) in [4.78, 5) is 12.0. The molecule has 0 aliphatic rings. The maximum Gasteiger partial charge on any atom is 0.254 e. The lowest BCUT2D eigenvalue weighted by atomic mass is 9.94. The van der Waals surface area contributed by atoms with Crippen molar-refractivity contribution in [1.29, 1.82) is 0 Å². The zero-order chi connectivity index (χ0) is 15.1. The van der Waals surface area contributed by atoms with E-state index in [1.165, 1.54) is 12.1 Å². The average molecular weight is 346 g/mol. The molecule has 0 radical (unpaired) electrons. The highest BCUT2D eigenvalue weighted by atomic mass is 79.9. The van der Waals surface area contributed by atoms with E-state index < -0.39 is 11.7 Å². The van der Waals surface area contributed by atoms with Crippen molar-refractivity contribution in [2.75, 3.05) is 13.2 Å². The molecule has 1 amide bonds. The molecule has 0 bridgehead atoms. The molecule has 2 N–H and O–H groups in total. The van der Waals surface area contributed by atoms with Crippen LogP contribution in [0.1, 0.15) is 37.0 Å². The fourth-order valence-corrected chi connectivity index (χ4v) is 2.52. The van der Waals surface area contributed by atoms with E-state index in [0.29, 0.717) is 23.4 Å². The summed E-state index contributed by atoms with van der Waals surface area (Å²) in [5.74, 6) is -0.256. The van der Waals surface area contributed by atoms with Crippen LogP contribution < -0.4 is 5.32 Å². The summed E-state index contributed by atoms with van der Waals surface area (Å²) in [6.45, 7) is 4.74. The number of halogens is 2. The van der Waals surface area contributed by atoms with Crippen LogP contribution in [0.4, 0.5) is 4.39 Å². The summed E-state index contributed by atoms with van der Waals surface area (Å²) in [7, 11) is 0. The van der Waals surface area contributed by atoms with Crippen LogP contribution in [0.5, 0.6) is 0 Å². The molecule has 1 atom stereocenters.